The van der Waals surface area contributed by atoms with E-state index in [9.17, 15) is 4.79 Å². The number of amides is 1. The van der Waals surface area contributed by atoms with Crippen molar-refractivity contribution in [3.63, 3.8) is 0 Å². The summed E-state index contributed by atoms with van der Waals surface area (Å²) in [4.78, 5) is 14.7. The first-order valence-corrected chi connectivity index (χ1v) is 9.16. The molecule has 0 fully saturated rings. The van der Waals surface area contributed by atoms with E-state index in [1.165, 1.54) is 0 Å². The average molecular weight is 357 g/mol. The molecular formula is C21H25ClN2O. The van der Waals surface area contributed by atoms with Gasteiger partial charge in [-0.05, 0) is 55.3 Å². The third-order valence-electron chi connectivity index (χ3n) is 3.85. The zero-order valence-corrected chi connectivity index (χ0v) is 15.6. The number of hydrogen-bond acceptors (Lipinski definition) is 2. The van der Waals surface area contributed by atoms with Crippen LogP contribution in [0.4, 0.5) is 11.4 Å². The Kier molecular flexibility index (Phi) is 7.55. The van der Waals surface area contributed by atoms with E-state index in [0.29, 0.717) is 11.4 Å². The molecule has 4 heteroatoms. The number of rotatable bonds is 8. The highest BCUT2D eigenvalue weighted by Gasteiger charge is 2.09. The number of nitrogens with one attached hydrogen (secondary N) is 1. The quantitative estimate of drug-likeness (QED) is 0.640. The van der Waals surface area contributed by atoms with Crippen LogP contribution >= 0.6 is 11.6 Å². The maximum atomic E-state index is 12.5. The molecule has 0 unspecified atom stereocenters. The summed E-state index contributed by atoms with van der Waals surface area (Å²) in [5, 5.41) is 2.95. The van der Waals surface area contributed by atoms with E-state index < -0.39 is 0 Å². The van der Waals surface area contributed by atoms with E-state index in [4.69, 9.17) is 11.6 Å². The molecule has 3 nitrogen and oxygen atoms in total. The molecule has 0 spiro atoms. The molecule has 0 aliphatic rings. The van der Waals surface area contributed by atoms with Gasteiger partial charge in [-0.2, -0.15) is 0 Å². The molecule has 1 N–H and O–H groups in total. The molecule has 2 rings (SSSR count). The molecule has 0 aliphatic carbocycles. The first-order chi connectivity index (χ1) is 12.2. The van der Waals surface area contributed by atoms with Gasteiger partial charge in [-0.3, -0.25) is 4.79 Å². The smallest absolute Gasteiger partial charge is 0.255 e. The second kappa shape index (κ2) is 9.90. The molecule has 0 radical (unpaired) electrons. The molecule has 0 aliphatic heterocycles. The molecule has 0 saturated heterocycles. The molecule has 0 atom stereocenters. The Morgan fingerprint density at radius 2 is 1.92 bits per heavy atom. The van der Waals surface area contributed by atoms with Crippen LogP contribution in [-0.4, -0.2) is 24.9 Å². The molecule has 132 valence electrons. The fraction of sp³-hybridized carbons (Fsp3) is 0.286. The van der Waals surface area contributed by atoms with Gasteiger partial charge in [0.15, 0.2) is 0 Å². The Morgan fingerprint density at radius 1 is 1.16 bits per heavy atom. The Morgan fingerprint density at radius 3 is 2.56 bits per heavy atom. The van der Waals surface area contributed by atoms with E-state index in [1.807, 2.05) is 67.6 Å². The van der Waals surface area contributed by atoms with E-state index in [2.05, 4.69) is 17.1 Å². The average Bonchev–Trinajstić information content (AvgIpc) is 2.62. The van der Waals surface area contributed by atoms with Crippen LogP contribution in [0.5, 0.6) is 0 Å². The Hall–Kier alpha value is -2.26. The van der Waals surface area contributed by atoms with Crippen molar-refractivity contribution >= 4 is 35.0 Å². The first-order valence-electron chi connectivity index (χ1n) is 8.63. The minimum Gasteiger partial charge on any atom is -0.370 e. The number of hydrogen-bond donors (Lipinski definition) is 1. The lowest BCUT2D eigenvalue weighted by Gasteiger charge is -2.23. The van der Waals surface area contributed by atoms with Gasteiger partial charge in [0.1, 0.15) is 0 Å². The van der Waals surface area contributed by atoms with Crippen LogP contribution in [0.3, 0.4) is 0 Å². The second-order valence-electron chi connectivity index (χ2n) is 5.80. The summed E-state index contributed by atoms with van der Waals surface area (Å²) in [6.07, 6.45) is 5.04. The van der Waals surface area contributed by atoms with Crippen LogP contribution in [0.1, 0.15) is 36.2 Å². The number of benzene rings is 2. The lowest BCUT2D eigenvalue weighted by atomic mass is 10.1. The molecule has 2 aromatic carbocycles. The number of anilines is 2. The van der Waals surface area contributed by atoms with Crippen LogP contribution < -0.4 is 10.2 Å². The maximum Gasteiger partial charge on any atom is 0.255 e. The highest BCUT2D eigenvalue weighted by molar-refractivity contribution is 6.18. The minimum atomic E-state index is -0.108. The summed E-state index contributed by atoms with van der Waals surface area (Å²) in [5.41, 5.74) is 3.59. The van der Waals surface area contributed by atoms with Crippen LogP contribution in [0.15, 0.2) is 54.6 Å². The number of nitrogens with zero attached hydrogens (tertiary/aromatic N) is 1. The fourth-order valence-electron chi connectivity index (χ4n) is 2.68. The monoisotopic (exact) mass is 356 g/mol. The van der Waals surface area contributed by atoms with Gasteiger partial charge in [-0.25, -0.2) is 0 Å². The number of halogens is 1. The summed E-state index contributed by atoms with van der Waals surface area (Å²) in [6.45, 7) is 5.87. The third-order valence-corrected chi connectivity index (χ3v) is 4.02. The van der Waals surface area contributed by atoms with Crippen LogP contribution in [0, 0.1) is 0 Å². The van der Waals surface area contributed by atoms with E-state index >= 15 is 0 Å². The molecule has 0 saturated carbocycles. The van der Waals surface area contributed by atoms with Crippen molar-refractivity contribution in [3.05, 3.63) is 65.7 Å². The summed E-state index contributed by atoms with van der Waals surface area (Å²) in [6, 6.07) is 15.5. The standard InChI is InChI=1S/C21H25ClN2O/c1-3-6-17-7-5-8-19(16-17)23-21(25)18-9-11-20(12-10-18)24(14-4-2)15-13-22/h3,5-12,16H,4,13-15H2,1-2H3,(H,23,25). The number of alkyl halides is 1. The fourth-order valence-corrected chi connectivity index (χ4v) is 2.89. The van der Waals surface area contributed by atoms with Gasteiger partial charge in [0.2, 0.25) is 0 Å². The predicted molar refractivity (Wildman–Crippen MR) is 109 cm³/mol. The van der Waals surface area contributed by atoms with Gasteiger partial charge >= 0.3 is 0 Å². The topological polar surface area (TPSA) is 32.3 Å². The van der Waals surface area contributed by atoms with Gasteiger partial charge in [0, 0.05) is 35.9 Å². The highest BCUT2D eigenvalue weighted by Crippen LogP contribution is 2.18. The van der Waals surface area contributed by atoms with Crippen molar-refractivity contribution in [2.75, 3.05) is 29.2 Å². The Bertz CT molecular complexity index is 704. The number of allylic oxidation sites excluding steroid dienone is 1. The molecule has 1 amide bonds. The lowest BCUT2D eigenvalue weighted by Crippen LogP contribution is -2.26. The van der Waals surface area contributed by atoms with Crippen molar-refractivity contribution in [2.45, 2.75) is 20.3 Å². The summed E-state index contributed by atoms with van der Waals surface area (Å²) in [7, 11) is 0. The normalized spacial score (nSPS) is 10.8. The zero-order chi connectivity index (χ0) is 18.1. The van der Waals surface area contributed by atoms with Crippen molar-refractivity contribution in [2.24, 2.45) is 0 Å². The molecular weight excluding hydrogens is 332 g/mol. The molecule has 2 aromatic rings. The Balaban J connectivity index is 2.08. The largest absolute Gasteiger partial charge is 0.370 e. The van der Waals surface area contributed by atoms with Gasteiger partial charge in [-0.15, -0.1) is 11.6 Å². The van der Waals surface area contributed by atoms with Crippen molar-refractivity contribution < 1.29 is 4.79 Å². The summed E-state index contributed by atoms with van der Waals surface area (Å²) in [5.74, 6) is 0.480. The van der Waals surface area contributed by atoms with Crippen molar-refractivity contribution in [3.8, 4) is 0 Å². The minimum absolute atomic E-state index is 0.108. The van der Waals surface area contributed by atoms with Crippen molar-refractivity contribution in [1.29, 1.82) is 0 Å². The van der Waals surface area contributed by atoms with Gasteiger partial charge in [0.05, 0.1) is 0 Å². The second-order valence-corrected chi connectivity index (χ2v) is 6.18. The van der Waals surface area contributed by atoms with E-state index in [1.54, 1.807) is 0 Å². The lowest BCUT2D eigenvalue weighted by molar-refractivity contribution is 0.102. The summed E-state index contributed by atoms with van der Waals surface area (Å²) < 4.78 is 0. The molecule has 0 heterocycles. The number of carbonyl (C=O) groups is 1. The zero-order valence-electron chi connectivity index (χ0n) is 14.8. The van der Waals surface area contributed by atoms with Gasteiger partial charge in [-0.1, -0.05) is 31.2 Å². The predicted octanol–water partition coefficient (Wildman–Crippen LogP) is 5.43. The van der Waals surface area contributed by atoms with Crippen LogP contribution in [0.2, 0.25) is 0 Å². The van der Waals surface area contributed by atoms with E-state index in [0.717, 1.165) is 36.4 Å². The molecule has 0 aromatic heterocycles. The van der Waals surface area contributed by atoms with Crippen LogP contribution in [0.25, 0.3) is 6.08 Å². The molecule has 0 bridgehead atoms. The molecule has 25 heavy (non-hydrogen) atoms. The summed E-state index contributed by atoms with van der Waals surface area (Å²) >= 11 is 5.88. The third kappa shape index (κ3) is 5.64. The maximum absolute atomic E-state index is 12.5. The Labute approximate surface area is 155 Å². The SMILES string of the molecule is CC=Cc1cccc(NC(=O)c2ccc(N(CCC)CCCl)cc2)c1. The highest BCUT2D eigenvalue weighted by atomic mass is 35.5. The van der Waals surface area contributed by atoms with Crippen LogP contribution in [-0.2, 0) is 0 Å². The van der Waals surface area contributed by atoms with E-state index in [-0.39, 0.29) is 5.91 Å². The number of carbonyl (C=O) groups excluding carboxylic acids is 1. The van der Waals surface area contributed by atoms with Crippen molar-refractivity contribution in [1.82, 2.24) is 0 Å². The van der Waals surface area contributed by atoms with Gasteiger partial charge < -0.3 is 10.2 Å². The first kappa shape index (κ1) is 19.1. The van der Waals surface area contributed by atoms with Gasteiger partial charge in [0.25, 0.3) is 5.91 Å².